The normalized spacial score (nSPS) is 15.3. The minimum absolute atomic E-state index is 0.0114. The van der Waals surface area contributed by atoms with Gasteiger partial charge in [-0.3, -0.25) is 9.69 Å². The van der Waals surface area contributed by atoms with E-state index < -0.39 is 0 Å². The lowest BCUT2D eigenvalue weighted by Gasteiger charge is -2.42. The number of hydrogen-bond acceptors (Lipinski definition) is 6. The number of nitrogens with zero attached hydrogens (tertiary/aromatic N) is 2. The van der Waals surface area contributed by atoms with Gasteiger partial charge in [-0.05, 0) is 62.6 Å². The van der Waals surface area contributed by atoms with Crippen molar-refractivity contribution in [2.75, 3.05) is 51.3 Å². The number of nitrogens with one attached hydrogen (secondary N) is 2. The Morgan fingerprint density at radius 3 is 2.48 bits per heavy atom. The maximum atomic E-state index is 15.1. The second-order valence-electron chi connectivity index (χ2n) is 11.1. The number of aryl methyl sites for hydroxylation is 1. The standard InChI is InChI=1S/C34H46FN5O2/c1-25-11-13-27(14-12-25)23-31(38-34(41)15-17-36)26(2)39-19-21-40(22-20-39)32-9-6-8-30(35)29(32)24-37-18-16-28-7-4-5-10-33(28)42-3/h4-14,26,31,37H,15-24,36H2,1-3H3,(H,38,41). The Kier molecular flexibility index (Phi) is 11.7. The number of piperazine rings is 1. The zero-order valence-corrected chi connectivity index (χ0v) is 25.2. The van der Waals surface area contributed by atoms with Crippen molar-refractivity contribution in [1.29, 1.82) is 0 Å². The third-order valence-corrected chi connectivity index (χ3v) is 8.27. The van der Waals surface area contributed by atoms with Crippen molar-refractivity contribution < 1.29 is 13.9 Å². The summed E-state index contributed by atoms with van der Waals surface area (Å²) < 4.78 is 20.5. The van der Waals surface area contributed by atoms with Crippen LogP contribution in [0.1, 0.15) is 35.6 Å². The molecule has 2 atom stereocenters. The van der Waals surface area contributed by atoms with Gasteiger partial charge >= 0.3 is 0 Å². The van der Waals surface area contributed by atoms with Gasteiger partial charge in [-0.1, -0.05) is 54.1 Å². The molecule has 0 aliphatic carbocycles. The van der Waals surface area contributed by atoms with Gasteiger partial charge in [0.25, 0.3) is 0 Å². The molecule has 3 aromatic carbocycles. The Balaban J connectivity index is 1.37. The van der Waals surface area contributed by atoms with Crippen LogP contribution in [-0.2, 0) is 24.2 Å². The predicted molar refractivity (Wildman–Crippen MR) is 169 cm³/mol. The van der Waals surface area contributed by atoms with E-state index in [9.17, 15) is 4.79 Å². The summed E-state index contributed by atoms with van der Waals surface area (Å²) >= 11 is 0. The zero-order valence-electron chi connectivity index (χ0n) is 25.2. The van der Waals surface area contributed by atoms with Gasteiger partial charge in [0.2, 0.25) is 5.91 Å². The minimum Gasteiger partial charge on any atom is -0.496 e. The molecule has 1 fully saturated rings. The van der Waals surface area contributed by atoms with E-state index in [1.165, 1.54) is 11.1 Å². The molecule has 0 radical (unpaired) electrons. The van der Waals surface area contributed by atoms with Crippen LogP contribution in [0.4, 0.5) is 10.1 Å². The van der Waals surface area contributed by atoms with Gasteiger partial charge in [-0.25, -0.2) is 4.39 Å². The van der Waals surface area contributed by atoms with Crippen LogP contribution in [-0.4, -0.2) is 69.3 Å². The summed E-state index contributed by atoms with van der Waals surface area (Å²) in [5.74, 6) is 0.676. The second kappa shape index (κ2) is 15.7. The first-order valence-corrected chi connectivity index (χ1v) is 15.0. The van der Waals surface area contributed by atoms with E-state index in [1.807, 2.05) is 24.3 Å². The van der Waals surface area contributed by atoms with Crippen LogP contribution >= 0.6 is 0 Å². The van der Waals surface area contributed by atoms with E-state index in [0.29, 0.717) is 25.1 Å². The van der Waals surface area contributed by atoms with Crippen molar-refractivity contribution in [3.05, 3.63) is 94.8 Å². The number of carbonyl (C=O) groups is 1. The number of methoxy groups -OCH3 is 1. The molecule has 0 aromatic heterocycles. The molecule has 4 N–H and O–H groups in total. The lowest BCUT2D eigenvalue weighted by molar-refractivity contribution is -0.122. The molecular formula is C34H46FN5O2. The number of amides is 1. The van der Waals surface area contributed by atoms with Gasteiger partial charge in [0, 0.05) is 69.0 Å². The number of carbonyl (C=O) groups excluding carboxylic acids is 1. The monoisotopic (exact) mass is 575 g/mol. The van der Waals surface area contributed by atoms with Crippen LogP contribution in [0.15, 0.2) is 66.7 Å². The van der Waals surface area contributed by atoms with Gasteiger partial charge in [0.1, 0.15) is 11.6 Å². The summed E-state index contributed by atoms with van der Waals surface area (Å²) in [7, 11) is 1.68. The predicted octanol–water partition coefficient (Wildman–Crippen LogP) is 4.06. The van der Waals surface area contributed by atoms with Crippen molar-refractivity contribution in [2.24, 2.45) is 5.73 Å². The molecule has 8 heteroatoms. The average Bonchev–Trinajstić information content (AvgIpc) is 3.00. The Morgan fingerprint density at radius 2 is 1.76 bits per heavy atom. The van der Waals surface area contributed by atoms with E-state index >= 15 is 4.39 Å². The fourth-order valence-electron chi connectivity index (χ4n) is 5.72. The zero-order chi connectivity index (χ0) is 29.9. The molecule has 3 aromatic rings. The lowest BCUT2D eigenvalue weighted by Crippen LogP contribution is -2.57. The summed E-state index contributed by atoms with van der Waals surface area (Å²) in [5, 5.41) is 6.68. The van der Waals surface area contributed by atoms with Gasteiger partial charge < -0.3 is 26.0 Å². The summed E-state index contributed by atoms with van der Waals surface area (Å²) in [6.45, 7) is 9.01. The molecule has 4 rings (SSSR count). The highest BCUT2D eigenvalue weighted by Gasteiger charge is 2.29. The molecule has 42 heavy (non-hydrogen) atoms. The van der Waals surface area contributed by atoms with Crippen LogP contribution in [0, 0.1) is 12.7 Å². The number of hydrogen-bond donors (Lipinski definition) is 3. The molecule has 1 aliphatic heterocycles. The molecule has 0 spiro atoms. The summed E-state index contributed by atoms with van der Waals surface area (Å²) in [6, 6.07) is 22.0. The highest BCUT2D eigenvalue weighted by molar-refractivity contribution is 5.76. The fourth-order valence-corrected chi connectivity index (χ4v) is 5.72. The number of para-hydroxylation sites is 1. The molecule has 1 heterocycles. The van der Waals surface area contributed by atoms with Crippen LogP contribution in [0.5, 0.6) is 5.75 Å². The quantitative estimate of drug-likeness (QED) is 0.252. The van der Waals surface area contributed by atoms with E-state index in [0.717, 1.165) is 62.6 Å². The van der Waals surface area contributed by atoms with Crippen LogP contribution < -0.4 is 26.0 Å². The third kappa shape index (κ3) is 8.53. The first-order chi connectivity index (χ1) is 20.4. The number of benzene rings is 3. The molecule has 1 amide bonds. The Labute approximate surface area is 250 Å². The largest absolute Gasteiger partial charge is 0.496 e. The first-order valence-electron chi connectivity index (χ1n) is 15.0. The number of anilines is 1. The molecular weight excluding hydrogens is 529 g/mol. The maximum absolute atomic E-state index is 15.1. The van der Waals surface area contributed by atoms with Gasteiger partial charge in [0.15, 0.2) is 0 Å². The Hall–Kier alpha value is -3.46. The molecule has 1 aliphatic rings. The van der Waals surface area contributed by atoms with Crippen LogP contribution in [0.3, 0.4) is 0 Å². The molecule has 0 bridgehead atoms. The number of rotatable bonds is 14. The smallest absolute Gasteiger partial charge is 0.221 e. The third-order valence-electron chi connectivity index (χ3n) is 8.27. The average molecular weight is 576 g/mol. The van der Waals surface area contributed by atoms with Crippen molar-refractivity contribution in [2.45, 2.75) is 51.7 Å². The number of nitrogens with two attached hydrogens (primary N) is 1. The van der Waals surface area contributed by atoms with Crippen LogP contribution in [0.25, 0.3) is 0 Å². The number of ether oxygens (including phenoxy) is 1. The minimum atomic E-state index is -0.186. The number of halogens is 1. The molecule has 2 unspecified atom stereocenters. The van der Waals surface area contributed by atoms with Gasteiger partial charge in [-0.2, -0.15) is 0 Å². The Morgan fingerprint density at radius 1 is 1.02 bits per heavy atom. The lowest BCUT2D eigenvalue weighted by atomic mass is 9.97. The van der Waals surface area contributed by atoms with E-state index in [-0.39, 0.29) is 23.8 Å². The van der Waals surface area contributed by atoms with Crippen LogP contribution in [0.2, 0.25) is 0 Å². The van der Waals surface area contributed by atoms with Gasteiger partial charge in [0.05, 0.1) is 7.11 Å². The van der Waals surface area contributed by atoms with Crippen molar-refractivity contribution in [3.8, 4) is 5.75 Å². The highest BCUT2D eigenvalue weighted by Crippen LogP contribution is 2.26. The maximum Gasteiger partial charge on any atom is 0.221 e. The highest BCUT2D eigenvalue weighted by atomic mass is 19.1. The second-order valence-corrected chi connectivity index (χ2v) is 11.1. The van der Waals surface area contributed by atoms with E-state index in [2.05, 4.69) is 64.6 Å². The molecule has 0 saturated carbocycles. The fraction of sp³-hybridized carbons (Fsp3) is 0.441. The van der Waals surface area contributed by atoms with Gasteiger partial charge in [-0.15, -0.1) is 0 Å². The summed E-state index contributed by atoms with van der Waals surface area (Å²) in [4.78, 5) is 17.3. The van der Waals surface area contributed by atoms with Crippen molar-refractivity contribution in [3.63, 3.8) is 0 Å². The van der Waals surface area contributed by atoms with E-state index in [4.69, 9.17) is 10.5 Å². The summed E-state index contributed by atoms with van der Waals surface area (Å²) in [5.41, 5.74) is 10.8. The molecule has 7 nitrogen and oxygen atoms in total. The SMILES string of the molecule is COc1ccccc1CCNCc1c(F)cccc1N1CCN(C(C)C(Cc2ccc(C)cc2)NC(=O)CCN)CC1. The Bertz CT molecular complexity index is 1280. The van der Waals surface area contributed by atoms with E-state index in [1.54, 1.807) is 19.2 Å². The first kappa shape index (κ1) is 31.5. The van der Waals surface area contributed by atoms with Crippen molar-refractivity contribution in [1.82, 2.24) is 15.5 Å². The topological polar surface area (TPSA) is 82.9 Å². The molecule has 1 saturated heterocycles. The summed E-state index contributed by atoms with van der Waals surface area (Å²) in [6.07, 6.45) is 1.88. The van der Waals surface area contributed by atoms with Crippen molar-refractivity contribution >= 4 is 11.6 Å². The molecule has 226 valence electrons.